The zero-order chi connectivity index (χ0) is 10.8. The highest BCUT2D eigenvalue weighted by Gasteiger charge is 2.22. The van der Waals surface area contributed by atoms with Crippen LogP contribution in [0.25, 0.3) is 0 Å². The fourth-order valence-electron chi connectivity index (χ4n) is 1.55. The van der Waals surface area contributed by atoms with Gasteiger partial charge < -0.3 is 14.5 Å². The number of hydrogen-bond acceptors (Lipinski definition) is 4. The summed E-state index contributed by atoms with van der Waals surface area (Å²) in [5, 5.41) is 12.0. The van der Waals surface area contributed by atoms with E-state index in [0.717, 1.165) is 6.42 Å². The maximum atomic E-state index is 11.3. The summed E-state index contributed by atoms with van der Waals surface area (Å²) in [6.45, 7) is 1.00. The first-order valence-electron chi connectivity index (χ1n) is 4.63. The van der Waals surface area contributed by atoms with Crippen molar-refractivity contribution >= 4 is 11.9 Å². The number of hydrogen-bond donors (Lipinski definition) is 1. The van der Waals surface area contributed by atoms with E-state index >= 15 is 0 Å². The normalized spacial score (nSPS) is 16.0. The molecule has 1 amide bonds. The molecule has 0 unspecified atom stereocenters. The Kier molecular flexibility index (Phi) is 2.40. The topological polar surface area (TPSA) is 83.6 Å². The molecule has 0 saturated carbocycles. The number of amides is 1. The highest BCUT2D eigenvalue weighted by atomic mass is 16.5. The Morgan fingerprint density at radius 3 is 3.00 bits per heavy atom. The molecule has 2 rings (SSSR count). The number of likely N-dealkylation sites (tertiary alicyclic amines) is 1. The SMILES string of the molecule is O=C(O)c1cc(CN2CCCC2=O)on1. The minimum absolute atomic E-state index is 0.0725. The van der Waals surface area contributed by atoms with Crippen LogP contribution in [0.2, 0.25) is 0 Å². The predicted molar refractivity (Wildman–Crippen MR) is 48.1 cm³/mol. The molecule has 0 atom stereocenters. The summed E-state index contributed by atoms with van der Waals surface area (Å²) in [6, 6.07) is 1.34. The van der Waals surface area contributed by atoms with Crippen molar-refractivity contribution < 1.29 is 19.2 Å². The molecule has 0 spiro atoms. The van der Waals surface area contributed by atoms with Crippen LogP contribution in [0.4, 0.5) is 0 Å². The molecule has 1 fully saturated rings. The van der Waals surface area contributed by atoms with Gasteiger partial charge in [-0.3, -0.25) is 4.79 Å². The predicted octanol–water partition coefficient (Wildman–Crippen LogP) is 0.495. The van der Waals surface area contributed by atoms with Gasteiger partial charge in [-0.25, -0.2) is 4.79 Å². The van der Waals surface area contributed by atoms with Crippen molar-refractivity contribution in [2.75, 3.05) is 6.54 Å². The van der Waals surface area contributed by atoms with Crippen molar-refractivity contribution in [1.82, 2.24) is 10.1 Å². The first-order chi connectivity index (χ1) is 7.16. The van der Waals surface area contributed by atoms with Crippen molar-refractivity contribution in [2.24, 2.45) is 0 Å². The second-order valence-electron chi connectivity index (χ2n) is 3.40. The van der Waals surface area contributed by atoms with E-state index in [4.69, 9.17) is 9.63 Å². The van der Waals surface area contributed by atoms with Gasteiger partial charge >= 0.3 is 5.97 Å². The van der Waals surface area contributed by atoms with Crippen molar-refractivity contribution in [3.05, 3.63) is 17.5 Å². The van der Waals surface area contributed by atoms with Crippen molar-refractivity contribution in [1.29, 1.82) is 0 Å². The largest absolute Gasteiger partial charge is 0.476 e. The summed E-state index contributed by atoms with van der Waals surface area (Å²) >= 11 is 0. The third-order valence-electron chi connectivity index (χ3n) is 2.30. The van der Waals surface area contributed by atoms with Gasteiger partial charge in [0.25, 0.3) is 0 Å². The van der Waals surface area contributed by atoms with Crippen LogP contribution in [0.1, 0.15) is 29.1 Å². The summed E-state index contributed by atoms with van der Waals surface area (Å²) in [7, 11) is 0. The Labute approximate surface area is 85.5 Å². The third kappa shape index (κ3) is 1.98. The zero-order valence-corrected chi connectivity index (χ0v) is 7.97. The van der Waals surface area contributed by atoms with E-state index in [1.807, 2.05) is 0 Å². The molecule has 6 nitrogen and oxygen atoms in total. The number of carboxylic acid groups (broad SMARTS) is 1. The zero-order valence-electron chi connectivity index (χ0n) is 7.97. The molecule has 1 aliphatic heterocycles. The van der Waals surface area contributed by atoms with Gasteiger partial charge in [-0.1, -0.05) is 5.16 Å². The lowest BCUT2D eigenvalue weighted by Gasteiger charge is -2.11. The Morgan fingerprint density at radius 2 is 2.47 bits per heavy atom. The maximum Gasteiger partial charge on any atom is 0.358 e. The first kappa shape index (κ1) is 9.70. The second-order valence-corrected chi connectivity index (χ2v) is 3.40. The van der Waals surface area contributed by atoms with Gasteiger partial charge in [-0.05, 0) is 6.42 Å². The number of aromatic carboxylic acids is 1. The second kappa shape index (κ2) is 3.72. The minimum Gasteiger partial charge on any atom is -0.476 e. The number of nitrogens with zero attached hydrogens (tertiary/aromatic N) is 2. The van der Waals surface area contributed by atoms with Gasteiger partial charge in [0, 0.05) is 19.0 Å². The highest BCUT2D eigenvalue weighted by molar-refractivity contribution is 5.85. The van der Waals surface area contributed by atoms with E-state index < -0.39 is 5.97 Å². The highest BCUT2D eigenvalue weighted by Crippen LogP contribution is 2.14. The molecule has 80 valence electrons. The van der Waals surface area contributed by atoms with Gasteiger partial charge in [-0.2, -0.15) is 0 Å². The summed E-state index contributed by atoms with van der Waals surface area (Å²) in [5.41, 5.74) is -0.128. The number of carbonyl (C=O) groups excluding carboxylic acids is 1. The van der Waals surface area contributed by atoms with Gasteiger partial charge in [0.15, 0.2) is 11.5 Å². The monoisotopic (exact) mass is 210 g/mol. The summed E-state index contributed by atoms with van der Waals surface area (Å²) in [5.74, 6) is -0.649. The van der Waals surface area contributed by atoms with Crippen LogP contribution in [0, 0.1) is 0 Å². The molecular formula is C9H10N2O4. The van der Waals surface area contributed by atoms with Crippen molar-refractivity contribution in [3.63, 3.8) is 0 Å². The maximum absolute atomic E-state index is 11.3. The van der Waals surface area contributed by atoms with E-state index in [-0.39, 0.29) is 11.6 Å². The van der Waals surface area contributed by atoms with Crippen LogP contribution >= 0.6 is 0 Å². The number of carboxylic acids is 1. The molecule has 1 N–H and O–H groups in total. The molecule has 1 aliphatic rings. The van der Waals surface area contributed by atoms with Crippen LogP contribution in [-0.4, -0.2) is 33.6 Å². The standard InChI is InChI=1S/C9H10N2O4/c12-8-2-1-3-11(8)5-6-4-7(9(13)14)10-15-6/h4H,1-3,5H2,(H,13,14). The van der Waals surface area contributed by atoms with Gasteiger partial charge in [-0.15, -0.1) is 0 Å². The fraction of sp³-hybridized carbons (Fsp3) is 0.444. The Balaban J connectivity index is 2.04. The molecule has 1 saturated heterocycles. The fourth-order valence-corrected chi connectivity index (χ4v) is 1.55. The summed E-state index contributed by atoms with van der Waals surface area (Å²) < 4.78 is 4.81. The van der Waals surface area contributed by atoms with Crippen LogP contribution in [0.15, 0.2) is 10.6 Å². The molecule has 15 heavy (non-hydrogen) atoms. The number of rotatable bonds is 3. The lowest BCUT2D eigenvalue weighted by atomic mass is 10.3. The molecule has 1 aromatic rings. The summed E-state index contributed by atoms with van der Waals surface area (Å²) in [6.07, 6.45) is 1.40. The lowest BCUT2D eigenvalue weighted by Crippen LogP contribution is -2.23. The average Bonchev–Trinajstić information content (AvgIpc) is 2.77. The van der Waals surface area contributed by atoms with Crippen LogP contribution in [0.5, 0.6) is 0 Å². The van der Waals surface area contributed by atoms with Gasteiger partial charge in [0.05, 0.1) is 6.54 Å². The molecular weight excluding hydrogens is 200 g/mol. The van der Waals surface area contributed by atoms with Crippen molar-refractivity contribution in [2.45, 2.75) is 19.4 Å². The first-order valence-corrected chi connectivity index (χ1v) is 4.63. The van der Waals surface area contributed by atoms with E-state index in [9.17, 15) is 9.59 Å². The van der Waals surface area contributed by atoms with Gasteiger partial charge in [0.1, 0.15) is 0 Å². The molecule has 1 aromatic heterocycles. The molecule has 6 heteroatoms. The van der Waals surface area contributed by atoms with Crippen molar-refractivity contribution in [3.8, 4) is 0 Å². The van der Waals surface area contributed by atoms with Crippen LogP contribution < -0.4 is 0 Å². The van der Waals surface area contributed by atoms with Crippen LogP contribution in [0.3, 0.4) is 0 Å². The third-order valence-corrected chi connectivity index (χ3v) is 2.30. The lowest BCUT2D eigenvalue weighted by molar-refractivity contribution is -0.128. The van der Waals surface area contributed by atoms with E-state index in [1.54, 1.807) is 4.90 Å². The quantitative estimate of drug-likeness (QED) is 0.785. The molecule has 2 heterocycles. The minimum atomic E-state index is -1.13. The average molecular weight is 210 g/mol. The Hall–Kier alpha value is -1.85. The number of carbonyl (C=O) groups is 2. The molecule has 0 aromatic carbocycles. The Bertz CT molecular complexity index is 399. The van der Waals surface area contributed by atoms with E-state index in [2.05, 4.69) is 5.16 Å². The van der Waals surface area contributed by atoms with E-state index in [0.29, 0.717) is 25.3 Å². The van der Waals surface area contributed by atoms with Crippen LogP contribution in [-0.2, 0) is 11.3 Å². The number of aromatic nitrogens is 1. The Morgan fingerprint density at radius 1 is 1.67 bits per heavy atom. The molecule has 0 bridgehead atoms. The van der Waals surface area contributed by atoms with Gasteiger partial charge in [0.2, 0.25) is 5.91 Å². The molecule has 0 radical (unpaired) electrons. The molecule has 0 aliphatic carbocycles. The smallest absolute Gasteiger partial charge is 0.358 e. The summed E-state index contributed by atoms with van der Waals surface area (Å²) in [4.78, 5) is 23.4. The van der Waals surface area contributed by atoms with E-state index in [1.165, 1.54) is 6.07 Å².